The molecule has 0 unspecified atom stereocenters. The van der Waals surface area contributed by atoms with E-state index >= 15 is 0 Å². The highest BCUT2D eigenvalue weighted by atomic mass is 19.4. The Morgan fingerprint density at radius 2 is 1.83 bits per heavy atom. The Kier molecular flexibility index (Phi) is 5.53. The van der Waals surface area contributed by atoms with Gasteiger partial charge in [0.2, 0.25) is 0 Å². The van der Waals surface area contributed by atoms with Gasteiger partial charge in [0.15, 0.2) is 5.83 Å². The molecule has 0 aliphatic carbocycles. The van der Waals surface area contributed by atoms with Crippen LogP contribution in [0.15, 0.2) is 55.4 Å². The zero-order valence-corrected chi connectivity index (χ0v) is 18.1. The molecule has 5 heterocycles. The number of aromatic nitrogens is 6. The summed E-state index contributed by atoms with van der Waals surface area (Å²) in [6.07, 6.45) is 0.176. The predicted octanol–water partition coefficient (Wildman–Crippen LogP) is 4.64. The van der Waals surface area contributed by atoms with Gasteiger partial charge in [-0.3, -0.25) is 19.4 Å². The van der Waals surface area contributed by atoms with Gasteiger partial charge in [-0.15, -0.1) is 0 Å². The lowest BCUT2D eigenvalue weighted by molar-refractivity contribution is -0.141. The molecule has 14 heteroatoms. The molecule has 1 fully saturated rings. The van der Waals surface area contributed by atoms with Crippen molar-refractivity contribution in [3.63, 3.8) is 0 Å². The molecule has 5 rings (SSSR count). The van der Waals surface area contributed by atoms with Crippen LogP contribution in [0.5, 0.6) is 0 Å². The second-order valence-electron chi connectivity index (χ2n) is 8.03. The summed E-state index contributed by atoms with van der Waals surface area (Å²) in [5.41, 5.74) is 0.784. The van der Waals surface area contributed by atoms with Crippen molar-refractivity contribution in [2.75, 3.05) is 13.1 Å². The molecule has 1 aliphatic heterocycles. The first kappa shape index (κ1) is 23.5. The van der Waals surface area contributed by atoms with Gasteiger partial charge in [0, 0.05) is 48.4 Å². The van der Waals surface area contributed by atoms with Gasteiger partial charge in [0.1, 0.15) is 16.9 Å². The van der Waals surface area contributed by atoms with Crippen molar-refractivity contribution in [3.05, 3.63) is 61.1 Å². The average molecular weight is 507 g/mol. The summed E-state index contributed by atoms with van der Waals surface area (Å²) in [5.74, 6) is -1.98. The van der Waals surface area contributed by atoms with Crippen molar-refractivity contribution < 1.29 is 31.1 Å². The van der Waals surface area contributed by atoms with Crippen LogP contribution in [0.2, 0.25) is 0 Å². The first-order valence-corrected chi connectivity index (χ1v) is 10.4. The molecule has 8 nitrogen and oxygen atoms in total. The van der Waals surface area contributed by atoms with Crippen LogP contribution >= 0.6 is 0 Å². The molecule has 0 atom stereocenters. The Hall–Kier alpha value is -4.23. The SMILES string of the molecule is C=C(F)C(=O)N1CC(n2nc(-c3ccc(C(F)(F)F)nc3)c3nccc(-c4cnn(C(F)F)c4)c32)C1. The molecule has 4 aromatic heterocycles. The number of rotatable bonds is 5. The maximum atomic E-state index is 13.3. The van der Waals surface area contributed by atoms with Gasteiger partial charge in [0.25, 0.3) is 5.91 Å². The molecule has 1 aliphatic rings. The average Bonchev–Trinajstić information content (AvgIpc) is 3.43. The Morgan fingerprint density at radius 3 is 2.42 bits per heavy atom. The number of carbonyl (C=O) groups excluding carboxylic acids is 1. The zero-order chi connectivity index (χ0) is 25.8. The van der Waals surface area contributed by atoms with Gasteiger partial charge in [-0.1, -0.05) is 6.58 Å². The summed E-state index contributed by atoms with van der Waals surface area (Å²) in [6, 6.07) is 3.13. The number of hydrogen-bond acceptors (Lipinski definition) is 5. The number of amides is 1. The molecule has 36 heavy (non-hydrogen) atoms. The van der Waals surface area contributed by atoms with Crippen LogP contribution in [0.3, 0.4) is 0 Å². The van der Waals surface area contributed by atoms with Crippen LogP contribution in [-0.2, 0) is 11.0 Å². The number of fused-ring (bicyclic) bond motifs is 1. The van der Waals surface area contributed by atoms with Crippen LogP contribution in [-0.4, -0.2) is 53.4 Å². The third-order valence-corrected chi connectivity index (χ3v) is 5.75. The maximum absolute atomic E-state index is 13.3. The van der Waals surface area contributed by atoms with E-state index < -0.39 is 36.2 Å². The summed E-state index contributed by atoms with van der Waals surface area (Å²) in [4.78, 5) is 20.9. The van der Waals surface area contributed by atoms with Crippen LogP contribution in [0.4, 0.5) is 26.3 Å². The number of nitrogens with zero attached hydrogens (tertiary/aromatic N) is 7. The van der Waals surface area contributed by atoms with E-state index in [9.17, 15) is 31.1 Å². The Balaban J connectivity index is 1.63. The van der Waals surface area contributed by atoms with E-state index in [-0.39, 0.29) is 29.9 Å². The number of halogens is 6. The standard InChI is InChI=1S/C22H15F6N7O/c1-11(23)20(36)33-9-14(10-33)35-19-15(13-7-31-34(8-13)21(24)25)4-5-29-18(19)17(32-35)12-2-3-16(30-6-12)22(26,27)28/h2-8,14,21H,1,9-10H2. The highest BCUT2D eigenvalue weighted by molar-refractivity contribution is 5.99. The Morgan fingerprint density at radius 1 is 1.08 bits per heavy atom. The van der Waals surface area contributed by atoms with Crippen molar-refractivity contribution >= 4 is 16.9 Å². The number of hydrogen-bond donors (Lipinski definition) is 0. The molecule has 186 valence electrons. The Bertz CT molecular complexity index is 1470. The molecule has 0 aromatic carbocycles. The molecule has 1 saturated heterocycles. The van der Waals surface area contributed by atoms with Crippen molar-refractivity contribution in [3.8, 4) is 22.4 Å². The smallest absolute Gasteiger partial charge is 0.332 e. The van der Waals surface area contributed by atoms with Gasteiger partial charge in [-0.25, -0.2) is 9.07 Å². The normalized spacial score (nSPS) is 14.5. The van der Waals surface area contributed by atoms with Gasteiger partial charge in [-0.2, -0.15) is 32.1 Å². The van der Waals surface area contributed by atoms with E-state index in [1.807, 2.05) is 0 Å². The summed E-state index contributed by atoms with van der Waals surface area (Å²) in [6.45, 7) is 0.285. The minimum atomic E-state index is -4.63. The van der Waals surface area contributed by atoms with Crippen LogP contribution < -0.4 is 0 Å². The Labute approximate surface area is 198 Å². The fourth-order valence-electron chi connectivity index (χ4n) is 3.99. The third kappa shape index (κ3) is 3.97. The first-order chi connectivity index (χ1) is 17.0. The van der Waals surface area contributed by atoms with E-state index in [4.69, 9.17) is 0 Å². The van der Waals surface area contributed by atoms with Crippen molar-refractivity contribution in [1.82, 2.24) is 34.4 Å². The molecule has 0 spiro atoms. The summed E-state index contributed by atoms with van der Waals surface area (Å²) in [5, 5.41) is 8.20. The number of carbonyl (C=O) groups is 1. The highest BCUT2D eigenvalue weighted by Gasteiger charge is 2.36. The molecule has 0 N–H and O–H groups in total. The van der Waals surface area contributed by atoms with E-state index in [1.165, 1.54) is 28.0 Å². The van der Waals surface area contributed by atoms with Gasteiger partial charge in [0.05, 0.1) is 17.8 Å². The second-order valence-corrected chi connectivity index (χ2v) is 8.03. The van der Waals surface area contributed by atoms with Crippen molar-refractivity contribution in [2.45, 2.75) is 18.8 Å². The predicted molar refractivity (Wildman–Crippen MR) is 114 cm³/mol. The van der Waals surface area contributed by atoms with E-state index in [2.05, 4.69) is 26.7 Å². The van der Waals surface area contributed by atoms with Crippen molar-refractivity contribution in [1.29, 1.82) is 0 Å². The van der Waals surface area contributed by atoms with Crippen LogP contribution in [0.25, 0.3) is 33.4 Å². The zero-order valence-electron chi connectivity index (χ0n) is 18.1. The lowest BCUT2D eigenvalue weighted by atomic mass is 10.1. The lowest BCUT2D eigenvalue weighted by Crippen LogP contribution is -2.51. The number of alkyl halides is 5. The molecule has 1 amide bonds. The second kappa shape index (κ2) is 8.46. The van der Waals surface area contributed by atoms with Crippen molar-refractivity contribution in [2.24, 2.45) is 0 Å². The van der Waals surface area contributed by atoms with Gasteiger partial charge in [-0.05, 0) is 18.2 Å². The first-order valence-electron chi connectivity index (χ1n) is 10.4. The number of pyridine rings is 2. The van der Waals surface area contributed by atoms with Gasteiger partial charge >= 0.3 is 12.7 Å². The highest BCUT2D eigenvalue weighted by Crippen LogP contribution is 2.37. The maximum Gasteiger partial charge on any atom is 0.433 e. The monoisotopic (exact) mass is 507 g/mol. The topological polar surface area (TPSA) is 81.7 Å². The molecule has 4 aromatic rings. The molecule has 0 bridgehead atoms. The molecule has 0 saturated carbocycles. The molecular formula is C22H15F6N7O. The minimum Gasteiger partial charge on any atom is -0.332 e. The lowest BCUT2D eigenvalue weighted by Gasteiger charge is -2.39. The minimum absolute atomic E-state index is 0.0773. The van der Waals surface area contributed by atoms with E-state index in [1.54, 1.807) is 6.07 Å². The third-order valence-electron chi connectivity index (χ3n) is 5.75. The summed E-state index contributed by atoms with van der Waals surface area (Å²) >= 11 is 0. The molecule has 0 radical (unpaired) electrons. The largest absolute Gasteiger partial charge is 0.433 e. The number of likely N-dealkylation sites (tertiary alicyclic amines) is 1. The van der Waals surface area contributed by atoms with Crippen LogP contribution in [0.1, 0.15) is 18.3 Å². The van der Waals surface area contributed by atoms with Crippen LogP contribution in [0, 0.1) is 0 Å². The van der Waals surface area contributed by atoms with Gasteiger partial charge < -0.3 is 4.90 Å². The fourth-order valence-corrected chi connectivity index (χ4v) is 3.99. The van der Waals surface area contributed by atoms with E-state index in [0.717, 1.165) is 18.5 Å². The summed E-state index contributed by atoms with van der Waals surface area (Å²) in [7, 11) is 0. The summed E-state index contributed by atoms with van der Waals surface area (Å²) < 4.78 is 80.4. The quantitative estimate of drug-likeness (QED) is 0.291. The van der Waals surface area contributed by atoms with E-state index in [0.29, 0.717) is 21.3 Å². The fraction of sp³-hybridized carbons (Fsp3) is 0.227. The molecular weight excluding hydrogens is 492 g/mol.